The van der Waals surface area contributed by atoms with Gasteiger partial charge in [0.15, 0.2) is 0 Å². The van der Waals surface area contributed by atoms with Crippen molar-refractivity contribution in [2.24, 2.45) is 0 Å². The summed E-state index contributed by atoms with van der Waals surface area (Å²) in [7, 11) is 0. The van der Waals surface area contributed by atoms with Crippen molar-refractivity contribution in [1.82, 2.24) is 0 Å². The van der Waals surface area contributed by atoms with E-state index >= 15 is 0 Å². The third kappa shape index (κ3) is 30.1. The molecule has 0 aromatic rings. The van der Waals surface area contributed by atoms with Gasteiger partial charge in [0.05, 0.1) is 0 Å². The Morgan fingerprint density at radius 2 is 1.23 bits per heavy atom. The molecule has 0 aromatic carbocycles. The Bertz CT molecular complexity index is 408. The van der Waals surface area contributed by atoms with Gasteiger partial charge < -0.3 is 10.2 Å². The number of unbranched alkanes of at least 4 members (excludes halogenated alkanes) is 9. The molecule has 150 valence electrons. The lowest BCUT2D eigenvalue weighted by Crippen LogP contribution is -1.90. The molecule has 0 atom stereocenters. The van der Waals surface area contributed by atoms with Crippen molar-refractivity contribution >= 4 is 11.9 Å². The van der Waals surface area contributed by atoms with Crippen molar-refractivity contribution in [1.29, 1.82) is 0 Å². The summed E-state index contributed by atoms with van der Waals surface area (Å²) < 4.78 is 0. The van der Waals surface area contributed by atoms with Crippen molar-refractivity contribution in [3.05, 3.63) is 36.5 Å². The minimum Gasteiger partial charge on any atom is -0.481 e. The molecule has 0 aromatic heterocycles. The van der Waals surface area contributed by atoms with Crippen molar-refractivity contribution in [2.45, 2.75) is 90.9 Å². The number of hydrogen-bond donors (Lipinski definition) is 2. The zero-order chi connectivity index (χ0) is 19.9. The molecule has 0 unspecified atom stereocenters. The lowest BCUT2D eigenvalue weighted by atomic mass is 10.1. The number of rotatable bonds is 15. The first-order chi connectivity index (χ1) is 12.5. The van der Waals surface area contributed by atoms with Crippen LogP contribution in [0.1, 0.15) is 90.9 Å². The van der Waals surface area contributed by atoms with E-state index in [0.717, 1.165) is 18.9 Å². The van der Waals surface area contributed by atoms with Gasteiger partial charge in [0.25, 0.3) is 0 Å². The maximum Gasteiger partial charge on any atom is 0.328 e. The van der Waals surface area contributed by atoms with E-state index in [9.17, 15) is 9.59 Å². The van der Waals surface area contributed by atoms with Crippen LogP contribution in [0.5, 0.6) is 0 Å². The van der Waals surface area contributed by atoms with E-state index in [2.05, 4.69) is 13.0 Å². The van der Waals surface area contributed by atoms with Gasteiger partial charge in [0.1, 0.15) is 0 Å². The highest BCUT2D eigenvalue weighted by Gasteiger charge is 1.91. The van der Waals surface area contributed by atoms with Gasteiger partial charge in [0.2, 0.25) is 0 Å². The summed E-state index contributed by atoms with van der Waals surface area (Å²) in [6, 6.07) is 0. The zero-order valence-electron chi connectivity index (χ0n) is 16.7. The normalized spacial score (nSPS) is 11.2. The van der Waals surface area contributed by atoms with Crippen LogP contribution in [-0.4, -0.2) is 22.2 Å². The third-order valence-electron chi connectivity index (χ3n) is 3.65. The minimum absolute atomic E-state index is 0.292. The van der Waals surface area contributed by atoms with Gasteiger partial charge in [-0.3, -0.25) is 4.79 Å². The molecule has 0 aliphatic rings. The van der Waals surface area contributed by atoms with E-state index in [1.54, 1.807) is 6.08 Å². The first-order valence-corrected chi connectivity index (χ1v) is 9.99. The average Bonchev–Trinajstić information content (AvgIpc) is 2.58. The van der Waals surface area contributed by atoms with Gasteiger partial charge in [-0.2, -0.15) is 0 Å². The summed E-state index contributed by atoms with van der Waals surface area (Å²) in [6.07, 6.45) is 24.8. The Morgan fingerprint density at radius 3 is 1.69 bits per heavy atom. The predicted octanol–water partition coefficient (Wildman–Crippen LogP) is 6.53. The molecule has 4 heteroatoms. The largest absolute Gasteiger partial charge is 0.481 e. The smallest absolute Gasteiger partial charge is 0.328 e. The summed E-state index contributed by atoms with van der Waals surface area (Å²) in [5, 5.41) is 16.3. The lowest BCUT2D eigenvalue weighted by Gasteiger charge is -2.00. The van der Waals surface area contributed by atoms with Crippen LogP contribution in [0, 0.1) is 0 Å². The quantitative estimate of drug-likeness (QED) is 0.196. The number of carboxylic acid groups (broad SMARTS) is 2. The second-order valence-corrected chi connectivity index (χ2v) is 6.27. The molecule has 0 heterocycles. The van der Waals surface area contributed by atoms with Crippen LogP contribution >= 0.6 is 0 Å². The second kappa shape index (κ2) is 23.2. The maximum atomic E-state index is 10.2. The SMILES string of the molecule is CCCC(=O)O.CCCCCCCCCCCC=CC=CC=CC(=O)O. The van der Waals surface area contributed by atoms with Crippen LogP contribution in [0.25, 0.3) is 0 Å². The van der Waals surface area contributed by atoms with Gasteiger partial charge in [-0.05, 0) is 19.3 Å². The number of allylic oxidation sites excluding steroid dienone is 5. The summed E-state index contributed by atoms with van der Waals surface area (Å²) >= 11 is 0. The molecule has 0 aliphatic carbocycles. The summed E-state index contributed by atoms with van der Waals surface area (Å²) in [5.74, 6) is -1.62. The van der Waals surface area contributed by atoms with Crippen LogP contribution in [-0.2, 0) is 9.59 Å². The Balaban J connectivity index is 0. The lowest BCUT2D eigenvalue weighted by molar-refractivity contribution is -0.137. The highest BCUT2D eigenvalue weighted by Crippen LogP contribution is 2.10. The van der Waals surface area contributed by atoms with Crippen LogP contribution in [0.15, 0.2) is 36.5 Å². The fourth-order valence-electron chi connectivity index (χ4n) is 2.23. The van der Waals surface area contributed by atoms with Gasteiger partial charge in [-0.25, -0.2) is 4.79 Å². The minimum atomic E-state index is -0.909. The standard InChI is InChI=1S/C18H30O2.C4H8O2/c1-2-3-4-5-6-7-8-9-10-11-12-13-14-15-16-17-18(19)20;1-2-3-4(5)6/h12-17H,2-11H2,1H3,(H,19,20);2-3H2,1H3,(H,5,6). The van der Waals surface area contributed by atoms with Crippen LogP contribution in [0.2, 0.25) is 0 Å². The molecule has 26 heavy (non-hydrogen) atoms. The van der Waals surface area contributed by atoms with Crippen molar-refractivity contribution < 1.29 is 19.8 Å². The highest BCUT2D eigenvalue weighted by atomic mass is 16.4. The van der Waals surface area contributed by atoms with E-state index in [1.807, 2.05) is 19.1 Å². The fraction of sp³-hybridized carbons (Fsp3) is 0.636. The first kappa shape index (κ1) is 26.4. The topological polar surface area (TPSA) is 74.6 Å². The molecule has 0 rings (SSSR count). The van der Waals surface area contributed by atoms with E-state index in [4.69, 9.17) is 10.2 Å². The first-order valence-electron chi connectivity index (χ1n) is 9.99. The molecular formula is C22H38O4. The molecular weight excluding hydrogens is 328 g/mol. The second-order valence-electron chi connectivity index (χ2n) is 6.27. The van der Waals surface area contributed by atoms with Crippen LogP contribution in [0.3, 0.4) is 0 Å². The van der Waals surface area contributed by atoms with E-state index in [0.29, 0.717) is 6.42 Å². The Labute approximate surface area is 159 Å². The Morgan fingerprint density at radius 1 is 0.692 bits per heavy atom. The number of carbonyl (C=O) groups is 2. The molecule has 0 aliphatic heterocycles. The Hall–Kier alpha value is -1.84. The summed E-state index contributed by atoms with van der Waals surface area (Å²) in [6.45, 7) is 4.10. The van der Waals surface area contributed by atoms with Crippen molar-refractivity contribution in [2.75, 3.05) is 0 Å². The maximum absolute atomic E-state index is 10.2. The number of aliphatic carboxylic acids is 2. The summed E-state index contributed by atoms with van der Waals surface area (Å²) in [4.78, 5) is 19.8. The van der Waals surface area contributed by atoms with E-state index < -0.39 is 11.9 Å². The van der Waals surface area contributed by atoms with E-state index in [-0.39, 0.29) is 0 Å². The van der Waals surface area contributed by atoms with Crippen molar-refractivity contribution in [3.8, 4) is 0 Å². The van der Waals surface area contributed by atoms with Gasteiger partial charge in [-0.15, -0.1) is 0 Å². The molecule has 2 N–H and O–H groups in total. The molecule has 0 fully saturated rings. The summed E-state index contributed by atoms with van der Waals surface area (Å²) in [5.41, 5.74) is 0. The van der Waals surface area contributed by atoms with Gasteiger partial charge in [0, 0.05) is 12.5 Å². The molecule has 0 spiro atoms. The number of carboxylic acids is 2. The average molecular weight is 367 g/mol. The zero-order valence-corrected chi connectivity index (χ0v) is 16.7. The molecule has 0 radical (unpaired) electrons. The van der Waals surface area contributed by atoms with Crippen molar-refractivity contribution in [3.63, 3.8) is 0 Å². The highest BCUT2D eigenvalue weighted by molar-refractivity contribution is 5.80. The number of hydrogen-bond acceptors (Lipinski definition) is 2. The van der Waals surface area contributed by atoms with Gasteiger partial charge >= 0.3 is 11.9 Å². The monoisotopic (exact) mass is 366 g/mol. The molecule has 0 saturated heterocycles. The fourth-order valence-corrected chi connectivity index (χ4v) is 2.23. The molecule has 0 saturated carbocycles. The molecule has 0 amide bonds. The molecule has 0 bridgehead atoms. The van der Waals surface area contributed by atoms with Crippen LogP contribution < -0.4 is 0 Å². The van der Waals surface area contributed by atoms with Crippen LogP contribution in [0.4, 0.5) is 0 Å². The van der Waals surface area contributed by atoms with E-state index in [1.165, 1.54) is 63.9 Å². The van der Waals surface area contributed by atoms with Gasteiger partial charge in [-0.1, -0.05) is 95.6 Å². The third-order valence-corrected chi connectivity index (χ3v) is 3.65. The Kier molecular flexibility index (Phi) is 23.5. The molecule has 4 nitrogen and oxygen atoms in total. The predicted molar refractivity (Wildman–Crippen MR) is 109 cm³/mol.